The number of rotatable bonds is 5. The van der Waals surface area contributed by atoms with Crippen LogP contribution in [0, 0.1) is 5.92 Å². The Bertz CT molecular complexity index is 402. The first-order valence-electron chi connectivity index (χ1n) is 7.36. The highest BCUT2D eigenvalue weighted by Gasteiger charge is 2.33. The smallest absolute Gasteiger partial charge is 0.0753 e. The summed E-state index contributed by atoms with van der Waals surface area (Å²) in [6.07, 6.45) is 8.16. The molecule has 1 atom stereocenters. The van der Waals surface area contributed by atoms with E-state index in [2.05, 4.69) is 21.5 Å². The molecule has 0 radical (unpaired) electrons. The van der Waals surface area contributed by atoms with E-state index < -0.39 is 0 Å². The van der Waals surface area contributed by atoms with Gasteiger partial charge < -0.3 is 15.0 Å². The Kier molecular flexibility index (Phi) is 4.03. The van der Waals surface area contributed by atoms with Crippen LogP contribution in [0.25, 0.3) is 0 Å². The van der Waals surface area contributed by atoms with E-state index in [-0.39, 0.29) is 0 Å². The molecular weight excluding hydrogens is 240 g/mol. The second kappa shape index (κ2) is 5.92. The maximum atomic E-state index is 5.09. The Balaban J connectivity index is 1.63. The Morgan fingerprint density at radius 3 is 3.16 bits per heavy atom. The zero-order valence-corrected chi connectivity index (χ0v) is 11.7. The van der Waals surface area contributed by atoms with Gasteiger partial charge in [-0.25, -0.2) is 0 Å². The standard InChI is InChI=1S/C14H24N4O/c1-19-8-7-18-10-13(9-16-18)17-6-2-5-15-14(11-17)12-3-4-12/h9-10,12,14-15H,2-8,11H2,1H3. The van der Waals surface area contributed by atoms with Crippen molar-refractivity contribution in [3.8, 4) is 0 Å². The van der Waals surface area contributed by atoms with Crippen molar-refractivity contribution in [3.05, 3.63) is 12.4 Å². The molecule has 2 aliphatic rings. The molecule has 2 fully saturated rings. The van der Waals surface area contributed by atoms with E-state index in [0.717, 1.165) is 32.1 Å². The molecule has 1 saturated heterocycles. The van der Waals surface area contributed by atoms with Gasteiger partial charge in [0.05, 0.1) is 25.0 Å². The van der Waals surface area contributed by atoms with Gasteiger partial charge in [0.1, 0.15) is 0 Å². The van der Waals surface area contributed by atoms with Crippen molar-refractivity contribution in [2.75, 3.05) is 38.3 Å². The monoisotopic (exact) mass is 264 g/mol. The van der Waals surface area contributed by atoms with Gasteiger partial charge in [0.25, 0.3) is 0 Å². The summed E-state index contributed by atoms with van der Waals surface area (Å²) >= 11 is 0. The van der Waals surface area contributed by atoms with E-state index >= 15 is 0 Å². The molecule has 1 aromatic heterocycles. The molecule has 1 unspecified atom stereocenters. The van der Waals surface area contributed by atoms with Gasteiger partial charge in [-0.15, -0.1) is 0 Å². The van der Waals surface area contributed by atoms with Crippen LogP contribution in [-0.4, -0.2) is 49.2 Å². The molecule has 0 aromatic carbocycles. The van der Waals surface area contributed by atoms with E-state index in [1.54, 1.807) is 7.11 Å². The van der Waals surface area contributed by atoms with Crippen LogP contribution in [0.1, 0.15) is 19.3 Å². The number of methoxy groups -OCH3 is 1. The molecule has 0 amide bonds. The Morgan fingerprint density at radius 2 is 2.37 bits per heavy atom. The number of nitrogens with zero attached hydrogens (tertiary/aromatic N) is 3. The van der Waals surface area contributed by atoms with E-state index in [4.69, 9.17) is 4.74 Å². The quantitative estimate of drug-likeness (QED) is 0.865. The van der Waals surface area contributed by atoms with E-state index in [0.29, 0.717) is 12.6 Å². The molecule has 0 spiro atoms. The van der Waals surface area contributed by atoms with E-state index in [1.807, 2.05) is 10.9 Å². The molecule has 1 saturated carbocycles. The highest BCUT2D eigenvalue weighted by atomic mass is 16.5. The summed E-state index contributed by atoms with van der Waals surface area (Å²) in [4.78, 5) is 2.49. The predicted molar refractivity (Wildman–Crippen MR) is 75.4 cm³/mol. The number of anilines is 1. The lowest BCUT2D eigenvalue weighted by atomic mass is 10.2. The third kappa shape index (κ3) is 3.28. The minimum absolute atomic E-state index is 0.671. The third-order valence-electron chi connectivity index (χ3n) is 4.13. The summed E-state index contributed by atoms with van der Waals surface area (Å²) in [7, 11) is 1.73. The van der Waals surface area contributed by atoms with Gasteiger partial charge in [0.15, 0.2) is 0 Å². The molecule has 1 aromatic rings. The lowest BCUT2D eigenvalue weighted by Crippen LogP contribution is -2.39. The summed E-state index contributed by atoms with van der Waals surface area (Å²) in [6.45, 7) is 4.95. The van der Waals surface area contributed by atoms with E-state index in [1.165, 1.54) is 24.9 Å². The minimum Gasteiger partial charge on any atom is -0.383 e. The largest absolute Gasteiger partial charge is 0.383 e. The van der Waals surface area contributed by atoms with Gasteiger partial charge in [-0.3, -0.25) is 4.68 Å². The van der Waals surface area contributed by atoms with Gasteiger partial charge in [0.2, 0.25) is 0 Å². The number of hydrogen-bond acceptors (Lipinski definition) is 4. The van der Waals surface area contributed by atoms with Gasteiger partial charge >= 0.3 is 0 Å². The molecule has 5 heteroatoms. The fourth-order valence-corrected chi connectivity index (χ4v) is 2.82. The van der Waals surface area contributed by atoms with Crippen LogP contribution < -0.4 is 10.2 Å². The lowest BCUT2D eigenvalue weighted by Gasteiger charge is -2.24. The second-order valence-electron chi connectivity index (χ2n) is 5.65. The van der Waals surface area contributed by atoms with Crippen molar-refractivity contribution in [1.82, 2.24) is 15.1 Å². The fraction of sp³-hybridized carbons (Fsp3) is 0.786. The molecule has 2 heterocycles. The van der Waals surface area contributed by atoms with Crippen LogP contribution in [-0.2, 0) is 11.3 Å². The SMILES string of the molecule is COCCn1cc(N2CCCNC(C3CC3)C2)cn1. The van der Waals surface area contributed by atoms with Crippen molar-refractivity contribution in [1.29, 1.82) is 0 Å². The normalized spacial score (nSPS) is 24.5. The molecule has 106 valence electrons. The zero-order chi connectivity index (χ0) is 13.1. The van der Waals surface area contributed by atoms with Crippen LogP contribution >= 0.6 is 0 Å². The van der Waals surface area contributed by atoms with Crippen LogP contribution in [0.4, 0.5) is 5.69 Å². The number of nitrogens with one attached hydrogen (secondary N) is 1. The van der Waals surface area contributed by atoms with E-state index in [9.17, 15) is 0 Å². The lowest BCUT2D eigenvalue weighted by molar-refractivity contribution is 0.183. The zero-order valence-electron chi connectivity index (χ0n) is 11.7. The average Bonchev–Trinajstić information content (AvgIpc) is 3.19. The number of ether oxygens (including phenoxy) is 1. The first-order chi connectivity index (χ1) is 9.36. The van der Waals surface area contributed by atoms with Crippen LogP contribution in [0.15, 0.2) is 12.4 Å². The predicted octanol–water partition coefficient (Wildman–Crippen LogP) is 1.11. The molecule has 1 N–H and O–H groups in total. The van der Waals surface area contributed by atoms with Crippen molar-refractivity contribution in [2.24, 2.45) is 5.92 Å². The molecule has 0 bridgehead atoms. The molecular formula is C14H24N4O. The van der Waals surface area contributed by atoms with Crippen molar-refractivity contribution in [3.63, 3.8) is 0 Å². The van der Waals surface area contributed by atoms with Gasteiger partial charge in [-0.2, -0.15) is 5.10 Å². The van der Waals surface area contributed by atoms with Crippen molar-refractivity contribution >= 4 is 5.69 Å². The maximum absolute atomic E-state index is 5.09. The second-order valence-corrected chi connectivity index (χ2v) is 5.65. The van der Waals surface area contributed by atoms with Crippen molar-refractivity contribution in [2.45, 2.75) is 31.8 Å². The molecule has 19 heavy (non-hydrogen) atoms. The fourth-order valence-electron chi connectivity index (χ4n) is 2.82. The van der Waals surface area contributed by atoms with Crippen LogP contribution in [0.3, 0.4) is 0 Å². The summed E-state index contributed by atoms with van der Waals surface area (Å²) in [6, 6.07) is 0.671. The summed E-state index contributed by atoms with van der Waals surface area (Å²) in [5.74, 6) is 0.907. The summed E-state index contributed by atoms with van der Waals surface area (Å²) < 4.78 is 7.07. The number of aromatic nitrogens is 2. The Labute approximate surface area is 114 Å². The molecule has 1 aliphatic carbocycles. The summed E-state index contributed by atoms with van der Waals surface area (Å²) in [5, 5.41) is 8.12. The maximum Gasteiger partial charge on any atom is 0.0753 e. The molecule has 1 aliphatic heterocycles. The average molecular weight is 264 g/mol. The first kappa shape index (κ1) is 12.9. The van der Waals surface area contributed by atoms with Crippen LogP contribution in [0.2, 0.25) is 0 Å². The molecule has 5 nitrogen and oxygen atoms in total. The van der Waals surface area contributed by atoms with Crippen molar-refractivity contribution < 1.29 is 4.74 Å². The molecule has 3 rings (SSSR count). The van der Waals surface area contributed by atoms with Gasteiger partial charge in [-0.05, 0) is 31.7 Å². The Morgan fingerprint density at radius 1 is 1.47 bits per heavy atom. The first-order valence-corrected chi connectivity index (χ1v) is 7.36. The minimum atomic E-state index is 0.671. The van der Waals surface area contributed by atoms with Gasteiger partial charge in [-0.1, -0.05) is 0 Å². The highest BCUT2D eigenvalue weighted by Crippen LogP contribution is 2.34. The van der Waals surface area contributed by atoms with Gasteiger partial charge in [0, 0.05) is 32.4 Å². The topological polar surface area (TPSA) is 42.3 Å². The van der Waals surface area contributed by atoms with Crippen LogP contribution in [0.5, 0.6) is 0 Å². The summed E-state index contributed by atoms with van der Waals surface area (Å²) in [5.41, 5.74) is 1.26. The highest BCUT2D eigenvalue weighted by molar-refractivity contribution is 5.42. The third-order valence-corrected chi connectivity index (χ3v) is 4.13. The Hall–Kier alpha value is -1.07. The number of hydrogen-bond donors (Lipinski definition) is 1.